The summed E-state index contributed by atoms with van der Waals surface area (Å²) in [7, 11) is 0. The van der Waals surface area contributed by atoms with Gasteiger partial charge >= 0.3 is 0 Å². The van der Waals surface area contributed by atoms with E-state index in [2.05, 4.69) is 22.4 Å². The van der Waals surface area contributed by atoms with Crippen molar-refractivity contribution in [2.45, 2.75) is 19.5 Å². The standard InChI is InChI=1S/C22H20FN3O/c23-19-7-5-16(6-8-19)14-25-20-9-11-24-21(13-20)22(27)26-12-10-17-3-1-2-4-18(17)15-26/h1-9,11,13H,10,12,14-15H2,(H,24,25). The molecule has 27 heavy (non-hydrogen) atoms. The lowest BCUT2D eigenvalue weighted by Crippen LogP contribution is -2.36. The molecule has 1 N–H and O–H groups in total. The molecule has 0 radical (unpaired) electrons. The summed E-state index contributed by atoms with van der Waals surface area (Å²) in [5.74, 6) is -0.311. The molecule has 0 fully saturated rings. The Hall–Kier alpha value is -3.21. The lowest BCUT2D eigenvalue weighted by Gasteiger charge is -2.28. The molecule has 0 aliphatic carbocycles. The van der Waals surface area contributed by atoms with Gasteiger partial charge in [0.2, 0.25) is 0 Å². The minimum Gasteiger partial charge on any atom is -0.381 e. The van der Waals surface area contributed by atoms with E-state index in [0.29, 0.717) is 25.3 Å². The number of fused-ring (bicyclic) bond motifs is 1. The molecule has 4 rings (SSSR count). The van der Waals surface area contributed by atoms with Gasteiger partial charge in [-0.15, -0.1) is 0 Å². The Bertz CT molecular complexity index is 956. The summed E-state index contributed by atoms with van der Waals surface area (Å²) in [5.41, 5.74) is 4.72. The first-order chi connectivity index (χ1) is 13.2. The van der Waals surface area contributed by atoms with Crippen LogP contribution in [-0.2, 0) is 19.5 Å². The number of hydrogen-bond donors (Lipinski definition) is 1. The topological polar surface area (TPSA) is 45.2 Å². The summed E-state index contributed by atoms with van der Waals surface area (Å²) in [6.07, 6.45) is 2.50. The van der Waals surface area contributed by atoms with Crippen molar-refractivity contribution in [1.29, 1.82) is 0 Å². The smallest absolute Gasteiger partial charge is 0.272 e. The predicted molar refractivity (Wildman–Crippen MR) is 103 cm³/mol. The molecule has 136 valence electrons. The largest absolute Gasteiger partial charge is 0.381 e. The zero-order chi connectivity index (χ0) is 18.6. The van der Waals surface area contributed by atoms with Crippen LogP contribution in [0.1, 0.15) is 27.2 Å². The number of benzene rings is 2. The van der Waals surface area contributed by atoms with Crippen LogP contribution in [0, 0.1) is 5.82 Å². The minimum absolute atomic E-state index is 0.0602. The summed E-state index contributed by atoms with van der Waals surface area (Å²) in [4.78, 5) is 19.0. The fourth-order valence-electron chi connectivity index (χ4n) is 3.29. The molecule has 4 nitrogen and oxygen atoms in total. The molecule has 3 aromatic rings. The Labute approximate surface area is 157 Å². The van der Waals surface area contributed by atoms with Crippen LogP contribution >= 0.6 is 0 Å². The molecule has 5 heteroatoms. The highest BCUT2D eigenvalue weighted by Gasteiger charge is 2.22. The van der Waals surface area contributed by atoms with Crippen LogP contribution in [0.4, 0.5) is 10.1 Å². The molecule has 1 aromatic heterocycles. The molecule has 1 amide bonds. The summed E-state index contributed by atoms with van der Waals surface area (Å²) in [6, 6.07) is 18.2. The van der Waals surface area contributed by atoms with Crippen molar-refractivity contribution in [3.63, 3.8) is 0 Å². The number of hydrogen-bond acceptors (Lipinski definition) is 3. The second-order valence-electron chi connectivity index (χ2n) is 6.66. The Balaban J connectivity index is 1.44. The van der Waals surface area contributed by atoms with Gasteiger partial charge in [0.25, 0.3) is 5.91 Å². The highest BCUT2D eigenvalue weighted by Crippen LogP contribution is 2.20. The lowest BCUT2D eigenvalue weighted by molar-refractivity contribution is 0.0729. The van der Waals surface area contributed by atoms with Crippen LogP contribution < -0.4 is 5.32 Å². The number of rotatable bonds is 4. The number of carbonyl (C=O) groups excluding carboxylic acids is 1. The molecular weight excluding hydrogens is 341 g/mol. The molecule has 0 saturated carbocycles. The minimum atomic E-state index is -0.251. The van der Waals surface area contributed by atoms with E-state index in [1.54, 1.807) is 24.4 Å². The third-order valence-electron chi connectivity index (χ3n) is 4.81. The average molecular weight is 361 g/mol. The number of aromatic nitrogens is 1. The zero-order valence-electron chi connectivity index (χ0n) is 14.9. The quantitative estimate of drug-likeness (QED) is 0.763. The average Bonchev–Trinajstić information content (AvgIpc) is 2.72. The molecule has 1 aliphatic heterocycles. The maximum Gasteiger partial charge on any atom is 0.272 e. The van der Waals surface area contributed by atoms with Crippen LogP contribution in [0.15, 0.2) is 66.9 Å². The maximum absolute atomic E-state index is 13.0. The molecule has 0 spiro atoms. The highest BCUT2D eigenvalue weighted by atomic mass is 19.1. The van der Waals surface area contributed by atoms with E-state index in [1.807, 2.05) is 23.1 Å². The normalized spacial score (nSPS) is 13.1. The number of halogens is 1. The van der Waals surface area contributed by atoms with Crippen molar-refractivity contribution in [3.8, 4) is 0 Å². The van der Waals surface area contributed by atoms with E-state index in [0.717, 1.165) is 17.7 Å². The first-order valence-electron chi connectivity index (χ1n) is 8.99. The van der Waals surface area contributed by atoms with Gasteiger partial charge in [-0.1, -0.05) is 36.4 Å². The number of nitrogens with one attached hydrogen (secondary N) is 1. The Morgan fingerprint density at radius 1 is 1.07 bits per heavy atom. The van der Waals surface area contributed by atoms with Gasteiger partial charge in [-0.25, -0.2) is 4.39 Å². The van der Waals surface area contributed by atoms with Crippen molar-refractivity contribution < 1.29 is 9.18 Å². The first-order valence-corrected chi connectivity index (χ1v) is 8.99. The van der Waals surface area contributed by atoms with Gasteiger partial charge in [0.1, 0.15) is 11.5 Å². The Morgan fingerprint density at radius 2 is 1.85 bits per heavy atom. The predicted octanol–water partition coefficient (Wildman–Crippen LogP) is 4.03. The van der Waals surface area contributed by atoms with E-state index >= 15 is 0 Å². The van der Waals surface area contributed by atoms with Crippen LogP contribution in [0.5, 0.6) is 0 Å². The van der Waals surface area contributed by atoms with Crippen LogP contribution in [-0.4, -0.2) is 22.3 Å². The van der Waals surface area contributed by atoms with Crippen molar-refractivity contribution in [3.05, 3.63) is 95.1 Å². The van der Waals surface area contributed by atoms with Gasteiger partial charge in [0.15, 0.2) is 0 Å². The Kier molecular flexibility index (Phi) is 4.83. The molecular formula is C22H20FN3O. The Morgan fingerprint density at radius 3 is 2.67 bits per heavy atom. The van der Waals surface area contributed by atoms with Crippen LogP contribution in [0.25, 0.3) is 0 Å². The summed E-state index contributed by atoms with van der Waals surface area (Å²) < 4.78 is 13.0. The molecule has 2 aromatic carbocycles. The zero-order valence-corrected chi connectivity index (χ0v) is 14.9. The second kappa shape index (κ2) is 7.58. The monoisotopic (exact) mass is 361 g/mol. The van der Waals surface area contributed by atoms with Crippen molar-refractivity contribution in [2.75, 3.05) is 11.9 Å². The highest BCUT2D eigenvalue weighted by molar-refractivity contribution is 5.93. The summed E-state index contributed by atoms with van der Waals surface area (Å²) in [5, 5.41) is 3.26. The van der Waals surface area contributed by atoms with Gasteiger partial charge in [-0.3, -0.25) is 9.78 Å². The van der Waals surface area contributed by atoms with Gasteiger partial charge in [-0.2, -0.15) is 0 Å². The fourth-order valence-corrected chi connectivity index (χ4v) is 3.29. The lowest BCUT2D eigenvalue weighted by atomic mass is 10.00. The van der Waals surface area contributed by atoms with Crippen LogP contribution in [0.2, 0.25) is 0 Å². The molecule has 0 bridgehead atoms. The fraction of sp³-hybridized carbons (Fsp3) is 0.182. The van der Waals surface area contributed by atoms with Gasteiger partial charge in [0.05, 0.1) is 0 Å². The third-order valence-corrected chi connectivity index (χ3v) is 4.81. The number of amides is 1. The van der Waals surface area contributed by atoms with E-state index in [4.69, 9.17) is 0 Å². The van der Waals surface area contributed by atoms with Gasteiger partial charge in [0, 0.05) is 31.5 Å². The number of pyridine rings is 1. The first kappa shape index (κ1) is 17.2. The van der Waals surface area contributed by atoms with E-state index < -0.39 is 0 Å². The molecule has 0 saturated heterocycles. The maximum atomic E-state index is 13.0. The summed E-state index contributed by atoms with van der Waals surface area (Å²) >= 11 is 0. The van der Waals surface area contributed by atoms with Crippen molar-refractivity contribution in [1.82, 2.24) is 9.88 Å². The number of anilines is 1. The molecule has 2 heterocycles. The number of nitrogens with zero attached hydrogens (tertiary/aromatic N) is 2. The van der Waals surface area contributed by atoms with E-state index in [1.165, 1.54) is 23.3 Å². The number of carbonyl (C=O) groups is 1. The third kappa shape index (κ3) is 3.97. The van der Waals surface area contributed by atoms with Gasteiger partial charge < -0.3 is 10.2 Å². The molecule has 1 aliphatic rings. The van der Waals surface area contributed by atoms with Crippen molar-refractivity contribution in [2.24, 2.45) is 0 Å². The van der Waals surface area contributed by atoms with Crippen LogP contribution in [0.3, 0.4) is 0 Å². The second-order valence-corrected chi connectivity index (χ2v) is 6.66. The van der Waals surface area contributed by atoms with Crippen molar-refractivity contribution >= 4 is 11.6 Å². The molecule has 0 atom stereocenters. The summed E-state index contributed by atoms with van der Waals surface area (Å²) in [6.45, 7) is 1.86. The van der Waals surface area contributed by atoms with E-state index in [-0.39, 0.29) is 11.7 Å². The van der Waals surface area contributed by atoms with E-state index in [9.17, 15) is 9.18 Å². The molecule has 0 unspecified atom stereocenters. The van der Waals surface area contributed by atoms with Gasteiger partial charge in [-0.05, 0) is 47.4 Å². The SMILES string of the molecule is O=C(c1cc(NCc2ccc(F)cc2)ccn1)N1CCc2ccccc2C1.